The van der Waals surface area contributed by atoms with Crippen molar-refractivity contribution >= 4 is 11.3 Å². The highest BCUT2D eigenvalue weighted by molar-refractivity contribution is 7.07. The second kappa shape index (κ2) is 4.66. The molecule has 0 N–H and O–H groups in total. The predicted molar refractivity (Wildman–Crippen MR) is 62.7 cm³/mol. The highest BCUT2D eigenvalue weighted by Gasteiger charge is 2.50. The highest BCUT2D eigenvalue weighted by atomic mass is 32.1. The number of ether oxygens (including phenoxy) is 4. The summed E-state index contributed by atoms with van der Waals surface area (Å²) in [4.78, 5) is 0. The van der Waals surface area contributed by atoms with Crippen LogP contribution in [0.25, 0.3) is 0 Å². The van der Waals surface area contributed by atoms with E-state index in [2.05, 4.69) is 11.4 Å². The van der Waals surface area contributed by atoms with Gasteiger partial charge in [0.2, 0.25) is 0 Å². The summed E-state index contributed by atoms with van der Waals surface area (Å²) >= 11 is 1.68. The van der Waals surface area contributed by atoms with Crippen molar-refractivity contribution in [3.63, 3.8) is 0 Å². The van der Waals surface area contributed by atoms with Crippen molar-refractivity contribution in [2.75, 3.05) is 0 Å². The van der Waals surface area contributed by atoms with Gasteiger partial charge in [0.25, 0.3) is 0 Å². The molecule has 0 saturated carbocycles. The Morgan fingerprint density at radius 3 is 2.94 bits per heavy atom. The number of hydrogen-bond acceptors (Lipinski definition) is 5. The van der Waals surface area contributed by atoms with Crippen LogP contribution in [0.4, 0.5) is 0 Å². The molecule has 0 aliphatic carbocycles. The van der Waals surface area contributed by atoms with E-state index in [1.807, 2.05) is 19.2 Å². The van der Waals surface area contributed by atoms with Crippen LogP contribution in [-0.4, -0.2) is 30.9 Å². The number of thiophene rings is 1. The van der Waals surface area contributed by atoms with E-state index >= 15 is 0 Å². The Balaban J connectivity index is 1.62. The standard InChI is InChI=1S/C12H16O4S/c1-7-10(13-5-9-3-4-17-6-9)11-12(14-7)16-8(2)15-11/h3-4,6-8,10-12H,5H2,1-2H3/t7-,8?,10+,11-,12-/m1/s1. The predicted octanol–water partition coefficient (Wildman–Crippen LogP) is 2.14. The van der Waals surface area contributed by atoms with Gasteiger partial charge in [0, 0.05) is 0 Å². The van der Waals surface area contributed by atoms with Crippen LogP contribution in [0.15, 0.2) is 16.8 Å². The Hall–Kier alpha value is -0.460. The third-order valence-corrected chi connectivity index (χ3v) is 3.83. The van der Waals surface area contributed by atoms with Gasteiger partial charge in [-0.3, -0.25) is 0 Å². The minimum atomic E-state index is -0.271. The third kappa shape index (κ3) is 2.26. The second-order valence-corrected chi connectivity index (χ2v) is 5.20. The van der Waals surface area contributed by atoms with Gasteiger partial charge in [0.05, 0.1) is 12.7 Å². The molecule has 5 atom stereocenters. The maximum Gasteiger partial charge on any atom is 0.189 e. The Morgan fingerprint density at radius 1 is 1.29 bits per heavy atom. The summed E-state index contributed by atoms with van der Waals surface area (Å²) in [5.41, 5.74) is 1.19. The Morgan fingerprint density at radius 2 is 2.18 bits per heavy atom. The molecule has 94 valence electrons. The monoisotopic (exact) mass is 256 g/mol. The lowest BCUT2D eigenvalue weighted by atomic mass is 10.1. The van der Waals surface area contributed by atoms with Gasteiger partial charge < -0.3 is 18.9 Å². The quantitative estimate of drug-likeness (QED) is 0.830. The van der Waals surface area contributed by atoms with Crippen molar-refractivity contribution in [2.24, 2.45) is 0 Å². The van der Waals surface area contributed by atoms with Gasteiger partial charge in [-0.15, -0.1) is 0 Å². The zero-order valence-corrected chi connectivity index (χ0v) is 10.7. The molecule has 0 amide bonds. The van der Waals surface area contributed by atoms with E-state index in [0.717, 1.165) is 0 Å². The molecular formula is C12H16O4S. The van der Waals surface area contributed by atoms with E-state index in [0.29, 0.717) is 6.61 Å². The molecule has 17 heavy (non-hydrogen) atoms. The zero-order chi connectivity index (χ0) is 11.8. The number of fused-ring (bicyclic) bond motifs is 1. The molecule has 4 nitrogen and oxygen atoms in total. The molecule has 1 aromatic heterocycles. The van der Waals surface area contributed by atoms with E-state index in [-0.39, 0.29) is 30.9 Å². The van der Waals surface area contributed by atoms with Crippen LogP contribution in [0.2, 0.25) is 0 Å². The lowest BCUT2D eigenvalue weighted by molar-refractivity contribution is -0.163. The fraction of sp³-hybridized carbons (Fsp3) is 0.667. The summed E-state index contributed by atoms with van der Waals surface area (Å²) in [7, 11) is 0. The van der Waals surface area contributed by atoms with Crippen LogP contribution in [-0.2, 0) is 25.6 Å². The van der Waals surface area contributed by atoms with E-state index < -0.39 is 0 Å². The number of rotatable bonds is 3. The number of hydrogen-bond donors (Lipinski definition) is 0. The Labute approximate surface area is 104 Å². The molecule has 1 unspecified atom stereocenters. The smallest absolute Gasteiger partial charge is 0.189 e. The second-order valence-electron chi connectivity index (χ2n) is 4.42. The van der Waals surface area contributed by atoms with Crippen molar-refractivity contribution in [3.8, 4) is 0 Å². The lowest BCUT2D eigenvalue weighted by Crippen LogP contribution is -2.33. The molecule has 0 bridgehead atoms. The normalized spacial score (nSPS) is 40.7. The topological polar surface area (TPSA) is 36.9 Å². The molecule has 2 saturated heterocycles. The van der Waals surface area contributed by atoms with Crippen LogP contribution in [0.1, 0.15) is 19.4 Å². The third-order valence-electron chi connectivity index (χ3n) is 3.10. The molecular weight excluding hydrogens is 240 g/mol. The molecule has 3 heterocycles. The van der Waals surface area contributed by atoms with Crippen molar-refractivity contribution in [2.45, 2.75) is 51.3 Å². The van der Waals surface area contributed by atoms with E-state index in [4.69, 9.17) is 18.9 Å². The van der Waals surface area contributed by atoms with Gasteiger partial charge >= 0.3 is 0 Å². The van der Waals surface area contributed by atoms with Crippen LogP contribution < -0.4 is 0 Å². The first-order valence-electron chi connectivity index (χ1n) is 5.83. The Kier molecular flexibility index (Phi) is 3.19. The molecule has 1 aromatic rings. The van der Waals surface area contributed by atoms with Gasteiger partial charge in [0.1, 0.15) is 12.2 Å². The summed E-state index contributed by atoms with van der Waals surface area (Å²) in [6.45, 7) is 4.47. The molecule has 2 aliphatic rings. The van der Waals surface area contributed by atoms with Gasteiger partial charge in [-0.1, -0.05) is 0 Å². The zero-order valence-electron chi connectivity index (χ0n) is 9.87. The fourth-order valence-electron chi connectivity index (χ4n) is 2.28. The van der Waals surface area contributed by atoms with E-state index in [9.17, 15) is 0 Å². The van der Waals surface area contributed by atoms with Gasteiger partial charge in [-0.25, -0.2) is 0 Å². The Bertz CT molecular complexity index is 367. The van der Waals surface area contributed by atoms with Crippen LogP contribution in [0.5, 0.6) is 0 Å². The minimum Gasteiger partial charge on any atom is -0.368 e. The average molecular weight is 256 g/mol. The summed E-state index contributed by atoms with van der Waals surface area (Å²) in [5.74, 6) is 0. The van der Waals surface area contributed by atoms with Gasteiger partial charge in [-0.2, -0.15) is 11.3 Å². The van der Waals surface area contributed by atoms with Crippen molar-refractivity contribution in [3.05, 3.63) is 22.4 Å². The summed E-state index contributed by atoms with van der Waals surface area (Å²) < 4.78 is 22.7. The van der Waals surface area contributed by atoms with E-state index in [1.165, 1.54) is 5.56 Å². The van der Waals surface area contributed by atoms with Crippen LogP contribution in [0, 0.1) is 0 Å². The maximum atomic E-state index is 5.90. The van der Waals surface area contributed by atoms with E-state index in [1.54, 1.807) is 11.3 Å². The molecule has 2 aliphatic heterocycles. The molecule has 0 radical (unpaired) electrons. The highest BCUT2D eigenvalue weighted by Crippen LogP contribution is 2.34. The van der Waals surface area contributed by atoms with Gasteiger partial charge in [0.15, 0.2) is 12.6 Å². The van der Waals surface area contributed by atoms with Crippen molar-refractivity contribution in [1.29, 1.82) is 0 Å². The van der Waals surface area contributed by atoms with Gasteiger partial charge in [-0.05, 0) is 36.2 Å². The fourth-order valence-corrected chi connectivity index (χ4v) is 2.93. The largest absolute Gasteiger partial charge is 0.368 e. The molecule has 3 rings (SSSR count). The van der Waals surface area contributed by atoms with Crippen LogP contribution >= 0.6 is 11.3 Å². The molecule has 5 heteroatoms. The van der Waals surface area contributed by atoms with Crippen molar-refractivity contribution < 1.29 is 18.9 Å². The first kappa shape index (κ1) is 11.6. The summed E-state index contributed by atoms with van der Waals surface area (Å²) in [6.07, 6.45) is -0.614. The summed E-state index contributed by atoms with van der Waals surface area (Å²) in [5, 5.41) is 4.14. The average Bonchev–Trinajstić information content (AvgIpc) is 2.93. The molecule has 0 spiro atoms. The molecule has 2 fully saturated rings. The maximum absolute atomic E-state index is 5.90. The summed E-state index contributed by atoms with van der Waals surface area (Å²) in [6, 6.07) is 2.07. The van der Waals surface area contributed by atoms with Crippen LogP contribution in [0.3, 0.4) is 0 Å². The lowest BCUT2D eigenvalue weighted by Gasteiger charge is -2.19. The van der Waals surface area contributed by atoms with Crippen molar-refractivity contribution in [1.82, 2.24) is 0 Å². The first-order valence-corrected chi connectivity index (χ1v) is 6.77. The molecule has 0 aromatic carbocycles. The minimum absolute atomic E-state index is 0.0103. The first-order chi connectivity index (χ1) is 8.24. The SMILES string of the molecule is CC1O[C@H]2O[C@H](C)[C@H](OCc3ccsc3)[C@H]2O1.